The lowest BCUT2D eigenvalue weighted by molar-refractivity contribution is 0.305. The summed E-state index contributed by atoms with van der Waals surface area (Å²) in [5, 5.41) is 0. The van der Waals surface area contributed by atoms with Crippen LogP contribution in [-0.2, 0) is 9.84 Å². The van der Waals surface area contributed by atoms with Gasteiger partial charge in [0.15, 0.2) is 9.84 Å². The number of nitrogens with zero attached hydrogens (tertiary/aromatic N) is 1. The van der Waals surface area contributed by atoms with Crippen LogP contribution in [0.4, 0.5) is 5.69 Å². The second kappa shape index (κ2) is 6.65. The van der Waals surface area contributed by atoms with E-state index < -0.39 is 19.3 Å². The average Bonchev–Trinajstić information content (AvgIpc) is 2.53. The topological polar surface area (TPSA) is 37.4 Å². The summed E-state index contributed by atoms with van der Waals surface area (Å²) in [7, 11) is -3.19. The molecule has 0 bridgehead atoms. The van der Waals surface area contributed by atoms with Gasteiger partial charge in [-0.1, -0.05) is 38.1 Å². The Morgan fingerprint density at radius 3 is 2.00 bits per heavy atom. The second-order valence-corrected chi connectivity index (χ2v) is 13.6. The number of hydrogen-bond donors (Lipinski definition) is 0. The van der Waals surface area contributed by atoms with Crippen LogP contribution in [0.15, 0.2) is 42.1 Å². The Kier molecular flexibility index (Phi) is 5.03. The highest BCUT2D eigenvalue weighted by atomic mass is 32.2. The molecule has 1 aromatic rings. The molecule has 0 saturated carbocycles. The zero-order valence-corrected chi connectivity index (χ0v) is 18.6. The van der Waals surface area contributed by atoms with Gasteiger partial charge in [0.2, 0.25) is 0 Å². The molecule has 4 heteroatoms. The van der Waals surface area contributed by atoms with Crippen LogP contribution in [-0.4, -0.2) is 24.0 Å². The van der Waals surface area contributed by atoms with Gasteiger partial charge in [0.25, 0.3) is 0 Å². The molecule has 0 atom stereocenters. The Hall–Kier alpha value is -1.29. The fourth-order valence-electron chi connectivity index (χ4n) is 5.02. The van der Waals surface area contributed by atoms with Crippen LogP contribution in [0.2, 0.25) is 0 Å². The highest BCUT2D eigenvalue weighted by Gasteiger charge is 2.53. The van der Waals surface area contributed by atoms with Crippen molar-refractivity contribution in [3.8, 4) is 0 Å². The van der Waals surface area contributed by atoms with E-state index in [0.717, 1.165) is 12.8 Å². The lowest BCUT2D eigenvalue weighted by Crippen LogP contribution is -2.58. The van der Waals surface area contributed by atoms with Crippen LogP contribution >= 0.6 is 0 Å². The van der Waals surface area contributed by atoms with Gasteiger partial charge < -0.3 is 4.90 Å². The van der Waals surface area contributed by atoms with E-state index >= 15 is 0 Å². The number of para-hydroxylation sites is 1. The van der Waals surface area contributed by atoms with E-state index in [1.807, 2.05) is 33.8 Å². The SMILES string of the molecule is CC1(C)CCC=C(N(c2ccccc2)C2CC(C)(C)S(=O)(=O)C(C)(C)C2)C1. The summed E-state index contributed by atoms with van der Waals surface area (Å²) < 4.78 is 24.8. The molecule has 1 aromatic carbocycles. The molecule has 0 N–H and O–H groups in total. The minimum atomic E-state index is -3.19. The van der Waals surface area contributed by atoms with E-state index in [4.69, 9.17) is 0 Å². The summed E-state index contributed by atoms with van der Waals surface area (Å²) in [6.07, 6.45) is 7.02. The largest absolute Gasteiger partial charge is 0.342 e. The van der Waals surface area contributed by atoms with Gasteiger partial charge in [-0.2, -0.15) is 0 Å². The van der Waals surface area contributed by atoms with Gasteiger partial charge in [-0.25, -0.2) is 8.42 Å². The normalized spacial score (nSPS) is 26.2. The van der Waals surface area contributed by atoms with Gasteiger partial charge in [-0.3, -0.25) is 0 Å². The molecule has 3 nitrogen and oxygen atoms in total. The van der Waals surface area contributed by atoms with Crippen molar-refractivity contribution in [2.24, 2.45) is 5.41 Å². The van der Waals surface area contributed by atoms with Crippen molar-refractivity contribution in [2.45, 2.75) is 89.2 Å². The van der Waals surface area contributed by atoms with Crippen LogP contribution in [0.1, 0.15) is 73.6 Å². The molecule has 0 spiro atoms. The molecule has 150 valence electrons. The molecular formula is C23H35NO2S. The molecule has 27 heavy (non-hydrogen) atoms. The minimum Gasteiger partial charge on any atom is -0.342 e. The van der Waals surface area contributed by atoms with Crippen LogP contribution < -0.4 is 4.90 Å². The average molecular weight is 390 g/mol. The van der Waals surface area contributed by atoms with Crippen LogP contribution in [0, 0.1) is 5.41 Å². The maximum absolute atomic E-state index is 13.1. The quantitative estimate of drug-likeness (QED) is 0.663. The third-order valence-electron chi connectivity index (χ3n) is 6.48. The number of rotatable bonds is 3. The zero-order valence-electron chi connectivity index (χ0n) is 17.7. The monoisotopic (exact) mass is 389 g/mol. The van der Waals surface area contributed by atoms with Crippen LogP contribution in [0.5, 0.6) is 0 Å². The fourth-order valence-corrected chi connectivity index (χ4v) is 7.34. The Morgan fingerprint density at radius 1 is 0.926 bits per heavy atom. The smallest absolute Gasteiger partial charge is 0.160 e. The Morgan fingerprint density at radius 2 is 1.48 bits per heavy atom. The van der Waals surface area contributed by atoms with E-state index in [1.54, 1.807) is 0 Å². The number of hydrogen-bond acceptors (Lipinski definition) is 3. The van der Waals surface area contributed by atoms with Crippen molar-refractivity contribution < 1.29 is 8.42 Å². The highest BCUT2D eigenvalue weighted by molar-refractivity contribution is 7.94. The fraction of sp³-hybridized carbons (Fsp3) is 0.652. The predicted octanol–water partition coefficient (Wildman–Crippen LogP) is 5.72. The lowest BCUT2D eigenvalue weighted by atomic mass is 9.78. The van der Waals surface area contributed by atoms with Crippen molar-refractivity contribution in [3.63, 3.8) is 0 Å². The van der Waals surface area contributed by atoms with Gasteiger partial charge in [0, 0.05) is 17.4 Å². The molecular weight excluding hydrogens is 354 g/mol. The second-order valence-electron chi connectivity index (χ2n) is 10.4. The summed E-state index contributed by atoms with van der Waals surface area (Å²) >= 11 is 0. The van der Waals surface area contributed by atoms with Crippen LogP contribution in [0.25, 0.3) is 0 Å². The molecule has 2 aliphatic rings. The van der Waals surface area contributed by atoms with E-state index in [-0.39, 0.29) is 11.5 Å². The first-order chi connectivity index (χ1) is 12.4. The van der Waals surface area contributed by atoms with Crippen molar-refractivity contribution in [3.05, 3.63) is 42.1 Å². The lowest BCUT2D eigenvalue weighted by Gasteiger charge is -2.50. The zero-order chi connectivity index (χ0) is 20.1. The van der Waals surface area contributed by atoms with Gasteiger partial charge >= 0.3 is 0 Å². The minimum absolute atomic E-state index is 0.182. The van der Waals surface area contributed by atoms with Gasteiger partial charge in [0.05, 0.1) is 9.49 Å². The molecule has 0 amide bonds. The molecule has 1 fully saturated rings. The third-order valence-corrected chi connectivity index (χ3v) is 9.72. The highest BCUT2D eigenvalue weighted by Crippen LogP contribution is 2.47. The van der Waals surface area contributed by atoms with Gasteiger partial charge in [-0.05, 0) is 77.3 Å². The number of allylic oxidation sites excluding steroid dienone is 2. The standard InChI is InChI=1S/C23H35NO2S/c1-21(2)14-10-13-19(15-21)24(18-11-8-7-9-12-18)20-16-22(3,4)27(25,26)23(5,6)17-20/h7-9,11-13,20H,10,14-17H2,1-6H3. The van der Waals surface area contributed by atoms with E-state index in [0.29, 0.717) is 12.8 Å². The van der Waals surface area contributed by atoms with Crippen molar-refractivity contribution in [2.75, 3.05) is 4.90 Å². The first kappa shape index (κ1) is 20.4. The number of sulfone groups is 1. The maximum atomic E-state index is 13.1. The molecule has 1 aliphatic carbocycles. The van der Waals surface area contributed by atoms with E-state index in [2.05, 4.69) is 49.1 Å². The van der Waals surface area contributed by atoms with Gasteiger partial charge in [-0.15, -0.1) is 0 Å². The van der Waals surface area contributed by atoms with E-state index in [9.17, 15) is 8.42 Å². The first-order valence-electron chi connectivity index (χ1n) is 10.1. The first-order valence-corrected chi connectivity index (χ1v) is 11.6. The molecule has 1 heterocycles. The Labute approximate surface area is 165 Å². The number of benzene rings is 1. The maximum Gasteiger partial charge on any atom is 0.160 e. The molecule has 0 aromatic heterocycles. The Bertz CT molecular complexity index is 795. The van der Waals surface area contributed by atoms with Crippen molar-refractivity contribution in [1.29, 1.82) is 0 Å². The summed E-state index contributed by atoms with van der Waals surface area (Å²) in [5.41, 5.74) is 2.81. The Balaban J connectivity index is 2.06. The molecule has 0 unspecified atom stereocenters. The van der Waals surface area contributed by atoms with Crippen molar-refractivity contribution in [1.82, 2.24) is 0 Å². The molecule has 3 rings (SSSR count). The van der Waals surface area contributed by atoms with Gasteiger partial charge in [0.1, 0.15) is 0 Å². The van der Waals surface area contributed by atoms with Crippen molar-refractivity contribution >= 4 is 15.5 Å². The molecule has 1 saturated heterocycles. The molecule has 1 aliphatic heterocycles. The predicted molar refractivity (Wildman–Crippen MR) is 115 cm³/mol. The van der Waals surface area contributed by atoms with Crippen LogP contribution in [0.3, 0.4) is 0 Å². The summed E-state index contributed by atoms with van der Waals surface area (Å²) in [4.78, 5) is 2.46. The van der Waals surface area contributed by atoms with E-state index in [1.165, 1.54) is 17.8 Å². The molecule has 0 radical (unpaired) electrons. The summed E-state index contributed by atoms with van der Waals surface area (Å²) in [6.45, 7) is 12.3. The third kappa shape index (κ3) is 3.70. The summed E-state index contributed by atoms with van der Waals surface area (Å²) in [6, 6.07) is 10.7. The number of anilines is 1. The summed E-state index contributed by atoms with van der Waals surface area (Å²) in [5.74, 6) is 0.